The average Bonchev–Trinajstić information content (AvgIpc) is 2.41. The molecule has 21 heavy (non-hydrogen) atoms. The minimum Gasteiger partial charge on any atom is -0.480 e. The average molecular weight is 293 g/mol. The van der Waals surface area contributed by atoms with E-state index in [1.54, 1.807) is 0 Å². The van der Waals surface area contributed by atoms with Crippen LogP contribution in [0.5, 0.6) is 0 Å². The van der Waals surface area contributed by atoms with Gasteiger partial charge in [-0.25, -0.2) is 4.79 Å². The second-order valence-corrected chi connectivity index (χ2v) is 5.88. The molecular formula is C16H23NO4. The molecule has 0 aliphatic rings. The van der Waals surface area contributed by atoms with Crippen molar-refractivity contribution in [3.8, 4) is 0 Å². The van der Waals surface area contributed by atoms with Gasteiger partial charge in [-0.2, -0.15) is 0 Å². The van der Waals surface area contributed by atoms with E-state index in [2.05, 4.69) is 5.32 Å². The first-order chi connectivity index (χ1) is 9.78. The monoisotopic (exact) mass is 293 g/mol. The van der Waals surface area contributed by atoms with Crippen LogP contribution in [0.25, 0.3) is 0 Å². The molecule has 0 fully saturated rings. The second-order valence-electron chi connectivity index (χ2n) is 5.88. The Hall–Kier alpha value is -1.88. The summed E-state index contributed by atoms with van der Waals surface area (Å²) in [6, 6.07) is 8.68. The van der Waals surface area contributed by atoms with Crippen LogP contribution in [0.15, 0.2) is 30.3 Å². The van der Waals surface area contributed by atoms with Crippen molar-refractivity contribution in [3.05, 3.63) is 35.9 Å². The summed E-state index contributed by atoms with van der Waals surface area (Å²) in [5.74, 6) is -1.44. The Morgan fingerprint density at radius 3 is 2.38 bits per heavy atom. The van der Waals surface area contributed by atoms with Crippen LogP contribution in [0.4, 0.5) is 0 Å². The van der Waals surface area contributed by atoms with Gasteiger partial charge in [0.1, 0.15) is 12.6 Å². The molecule has 0 aliphatic carbocycles. The Kier molecular flexibility index (Phi) is 6.37. The summed E-state index contributed by atoms with van der Waals surface area (Å²) in [6.07, 6.45) is 0.943. The van der Waals surface area contributed by atoms with Gasteiger partial charge in [-0.05, 0) is 39.2 Å². The maximum atomic E-state index is 11.7. The molecule has 0 saturated carbocycles. The maximum Gasteiger partial charge on any atom is 0.326 e. The molecular weight excluding hydrogens is 270 g/mol. The number of aliphatic carboxylic acids is 1. The number of hydrogen-bond donors (Lipinski definition) is 2. The highest BCUT2D eigenvalue weighted by Crippen LogP contribution is 2.07. The smallest absolute Gasteiger partial charge is 0.326 e. The molecule has 1 unspecified atom stereocenters. The van der Waals surface area contributed by atoms with Gasteiger partial charge in [0.05, 0.1) is 5.60 Å². The Bertz CT molecular complexity index is 465. The maximum absolute atomic E-state index is 11.7. The summed E-state index contributed by atoms with van der Waals surface area (Å²) in [4.78, 5) is 22.9. The Balaban J connectivity index is 2.46. The summed E-state index contributed by atoms with van der Waals surface area (Å²) < 4.78 is 5.33. The van der Waals surface area contributed by atoms with Crippen LogP contribution in [0.2, 0.25) is 0 Å². The van der Waals surface area contributed by atoms with E-state index in [1.165, 1.54) is 0 Å². The first-order valence-corrected chi connectivity index (χ1v) is 6.98. The molecule has 5 heteroatoms. The van der Waals surface area contributed by atoms with E-state index in [9.17, 15) is 14.7 Å². The van der Waals surface area contributed by atoms with Crippen molar-refractivity contribution in [2.24, 2.45) is 0 Å². The zero-order valence-electron chi connectivity index (χ0n) is 12.8. The normalized spacial score (nSPS) is 12.7. The number of carbonyl (C=O) groups excluding carboxylic acids is 1. The molecule has 1 amide bonds. The van der Waals surface area contributed by atoms with E-state index in [0.29, 0.717) is 12.8 Å². The van der Waals surface area contributed by atoms with Crippen LogP contribution in [0.3, 0.4) is 0 Å². The summed E-state index contributed by atoms with van der Waals surface area (Å²) in [6.45, 7) is 5.37. The zero-order chi connectivity index (χ0) is 15.9. The first kappa shape index (κ1) is 17.2. The summed E-state index contributed by atoms with van der Waals surface area (Å²) >= 11 is 0. The van der Waals surface area contributed by atoms with Gasteiger partial charge in [-0.15, -0.1) is 0 Å². The lowest BCUT2D eigenvalue weighted by molar-refractivity contribution is -0.143. The quantitative estimate of drug-likeness (QED) is 0.806. The predicted molar refractivity (Wildman–Crippen MR) is 80.0 cm³/mol. The van der Waals surface area contributed by atoms with Crippen molar-refractivity contribution in [1.29, 1.82) is 0 Å². The van der Waals surface area contributed by atoms with Crippen molar-refractivity contribution in [1.82, 2.24) is 5.32 Å². The Labute approximate surface area is 125 Å². The van der Waals surface area contributed by atoms with Crippen molar-refractivity contribution in [2.45, 2.75) is 45.3 Å². The lowest BCUT2D eigenvalue weighted by Gasteiger charge is -2.20. The predicted octanol–water partition coefficient (Wildman–Crippen LogP) is 2.00. The third kappa shape index (κ3) is 7.46. The van der Waals surface area contributed by atoms with Crippen LogP contribution in [0.1, 0.15) is 32.8 Å². The second kappa shape index (κ2) is 7.78. The molecule has 0 radical (unpaired) electrons. The number of carboxylic acids is 1. The molecule has 5 nitrogen and oxygen atoms in total. The van der Waals surface area contributed by atoms with E-state index in [0.717, 1.165) is 5.56 Å². The van der Waals surface area contributed by atoms with Crippen LogP contribution < -0.4 is 5.32 Å². The number of ether oxygens (including phenoxy) is 1. The number of nitrogens with one attached hydrogen (secondary N) is 1. The van der Waals surface area contributed by atoms with Crippen molar-refractivity contribution < 1.29 is 19.4 Å². The number of amides is 1. The fourth-order valence-electron chi connectivity index (χ4n) is 1.73. The number of hydrogen-bond acceptors (Lipinski definition) is 3. The van der Waals surface area contributed by atoms with E-state index < -0.39 is 23.5 Å². The molecule has 1 atom stereocenters. The number of rotatable bonds is 7. The van der Waals surface area contributed by atoms with Crippen molar-refractivity contribution in [3.63, 3.8) is 0 Å². The van der Waals surface area contributed by atoms with Crippen LogP contribution in [0, 0.1) is 0 Å². The fraction of sp³-hybridized carbons (Fsp3) is 0.500. The van der Waals surface area contributed by atoms with E-state index in [-0.39, 0.29) is 6.61 Å². The molecule has 0 spiro atoms. The fourth-order valence-corrected chi connectivity index (χ4v) is 1.73. The molecule has 0 bridgehead atoms. The van der Waals surface area contributed by atoms with Crippen LogP contribution in [-0.2, 0) is 20.7 Å². The lowest BCUT2D eigenvalue weighted by atomic mass is 10.1. The highest BCUT2D eigenvalue weighted by Gasteiger charge is 2.21. The largest absolute Gasteiger partial charge is 0.480 e. The Morgan fingerprint density at radius 1 is 1.24 bits per heavy atom. The number of aryl methyl sites for hydroxylation is 1. The molecule has 116 valence electrons. The molecule has 0 aliphatic heterocycles. The van der Waals surface area contributed by atoms with Crippen molar-refractivity contribution >= 4 is 11.9 Å². The third-order valence-electron chi connectivity index (χ3n) is 2.83. The molecule has 2 N–H and O–H groups in total. The zero-order valence-corrected chi connectivity index (χ0v) is 12.8. The van der Waals surface area contributed by atoms with Crippen LogP contribution in [-0.4, -0.2) is 35.2 Å². The molecule has 0 heterocycles. The molecule has 0 saturated heterocycles. The summed E-state index contributed by atoms with van der Waals surface area (Å²) in [7, 11) is 0. The SMILES string of the molecule is CC(C)(C)OCC(=O)NC(CCc1ccccc1)C(=O)O. The highest BCUT2D eigenvalue weighted by molar-refractivity contribution is 5.84. The van der Waals surface area contributed by atoms with Gasteiger partial charge in [0, 0.05) is 0 Å². The number of carboxylic acid groups (broad SMARTS) is 1. The number of benzene rings is 1. The van der Waals surface area contributed by atoms with Gasteiger partial charge in [0.2, 0.25) is 5.91 Å². The van der Waals surface area contributed by atoms with E-state index in [1.807, 2.05) is 51.1 Å². The molecule has 1 rings (SSSR count). The van der Waals surface area contributed by atoms with Gasteiger partial charge in [0.15, 0.2) is 0 Å². The number of carbonyl (C=O) groups is 2. The van der Waals surface area contributed by atoms with Gasteiger partial charge >= 0.3 is 5.97 Å². The Morgan fingerprint density at radius 2 is 1.86 bits per heavy atom. The van der Waals surface area contributed by atoms with Crippen molar-refractivity contribution in [2.75, 3.05) is 6.61 Å². The first-order valence-electron chi connectivity index (χ1n) is 6.98. The third-order valence-corrected chi connectivity index (χ3v) is 2.83. The van der Waals surface area contributed by atoms with E-state index >= 15 is 0 Å². The summed E-state index contributed by atoms with van der Waals surface area (Å²) in [5, 5.41) is 11.7. The minimum atomic E-state index is -1.03. The topological polar surface area (TPSA) is 75.6 Å². The van der Waals surface area contributed by atoms with Gasteiger partial charge < -0.3 is 15.2 Å². The standard InChI is InChI=1S/C16H23NO4/c1-16(2,3)21-11-14(18)17-13(15(19)20)10-9-12-7-5-4-6-8-12/h4-8,13H,9-11H2,1-3H3,(H,17,18)(H,19,20). The van der Waals surface area contributed by atoms with Gasteiger partial charge in [-0.3, -0.25) is 4.79 Å². The van der Waals surface area contributed by atoms with Crippen LogP contribution >= 0.6 is 0 Å². The minimum absolute atomic E-state index is 0.140. The van der Waals surface area contributed by atoms with Gasteiger partial charge in [0.25, 0.3) is 0 Å². The highest BCUT2D eigenvalue weighted by atomic mass is 16.5. The lowest BCUT2D eigenvalue weighted by Crippen LogP contribution is -2.43. The summed E-state index contributed by atoms with van der Waals surface area (Å²) in [5.41, 5.74) is 0.615. The molecule has 1 aromatic carbocycles. The van der Waals surface area contributed by atoms with Gasteiger partial charge in [-0.1, -0.05) is 30.3 Å². The molecule has 0 aromatic heterocycles. The molecule has 1 aromatic rings. The van der Waals surface area contributed by atoms with E-state index in [4.69, 9.17) is 4.74 Å².